The first kappa shape index (κ1) is 46.4. The second kappa shape index (κ2) is 33.2. The second-order valence-corrected chi connectivity index (χ2v) is 12.8. The van der Waals surface area contributed by atoms with Crippen LogP contribution in [0.15, 0.2) is 48.5 Å². The molecule has 0 heterocycles. The molecule has 0 radical (unpaired) electrons. The summed E-state index contributed by atoms with van der Waals surface area (Å²) in [5.41, 5.74) is 4.77. The molecule has 0 bridgehead atoms. The lowest BCUT2D eigenvalue weighted by molar-refractivity contribution is -0.0273. The quantitative estimate of drug-likeness (QED) is 0.0592. The zero-order valence-electron chi connectivity index (χ0n) is 31.6. The van der Waals surface area contributed by atoms with E-state index in [1.807, 2.05) is 24.3 Å². The average molecular weight is 878 g/mol. The Morgan fingerprint density at radius 2 is 0.741 bits per heavy atom. The van der Waals surface area contributed by atoms with Crippen LogP contribution in [0.3, 0.4) is 0 Å². The molecule has 2 aromatic rings. The van der Waals surface area contributed by atoms with Gasteiger partial charge in [-0.2, -0.15) is 0 Å². The maximum Gasteiger partial charge on any atom is 0.407 e. The number of halogens is 1. The SMILES string of the molecule is O=C(NCCOCCOCCOCCOCCOCCOCCOCCOCCOCCOCCOCCI)OCC1c2ccccc2-c2ccccc21. The van der Waals surface area contributed by atoms with Gasteiger partial charge in [0, 0.05) is 16.9 Å². The van der Waals surface area contributed by atoms with Gasteiger partial charge in [0.15, 0.2) is 0 Å². The van der Waals surface area contributed by atoms with E-state index in [2.05, 4.69) is 52.2 Å². The highest BCUT2D eigenvalue weighted by Gasteiger charge is 2.28. The number of ether oxygens (including phenoxy) is 12. The van der Waals surface area contributed by atoms with Crippen molar-refractivity contribution in [3.8, 4) is 11.1 Å². The van der Waals surface area contributed by atoms with Crippen molar-refractivity contribution in [1.29, 1.82) is 0 Å². The van der Waals surface area contributed by atoms with Crippen molar-refractivity contribution in [3.05, 3.63) is 59.7 Å². The predicted octanol–water partition coefficient (Wildman–Crippen LogP) is 4.14. The fourth-order valence-corrected chi connectivity index (χ4v) is 5.54. The summed E-state index contributed by atoms with van der Waals surface area (Å²) in [6, 6.07) is 16.5. The maximum absolute atomic E-state index is 12.2. The van der Waals surface area contributed by atoms with E-state index in [-0.39, 0.29) is 12.5 Å². The van der Waals surface area contributed by atoms with Crippen LogP contribution in [0.1, 0.15) is 17.0 Å². The summed E-state index contributed by atoms with van der Waals surface area (Å²) >= 11 is 2.28. The molecule has 3 rings (SSSR count). The van der Waals surface area contributed by atoms with Gasteiger partial charge in [-0.1, -0.05) is 71.1 Å². The molecule has 0 aliphatic heterocycles. The van der Waals surface area contributed by atoms with Crippen LogP contribution >= 0.6 is 22.6 Å². The van der Waals surface area contributed by atoms with Crippen molar-refractivity contribution >= 4 is 28.7 Å². The summed E-state index contributed by atoms with van der Waals surface area (Å²) in [6.07, 6.45) is -0.452. The summed E-state index contributed by atoms with van der Waals surface area (Å²) in [4.78, 5) is 12.2. The molecule has 0 spiro atoms. The monoisotopic (exact) mass is 877 g/mol. The number of fused-ring (bicyclic) bond motifs is 3. The molecule has 1 N–H and O–H groups in total. The van der Waals surface area contributed by atoms with E-state index in [1.165, 1.54) is 22.3 Å². The van der Waals surface area contributed by atoms with Gasteiger partial charge in [0.1, 0.15) is 6.61 Å². The number of amides is 1. The Hall–Kier alpha value is -2.00. The van der Waals surface area contributed by atoms with Crippen LogP contribution in [0, 0.1) is 0 Å². The third kappa shape index (κ3) is 21.9. The molecular weight excluding hydrogens is 817 g/mol. The number of hydrogen-bond acceptors (Lipinski definition) is 13. The molecule has 0 atom stereocenters. The molecular formula is C39H60INO13. The van der Waals surface area contributed by atoms with Crippen LogP contribution in [0.5, 0.6) is 0 Å². The van der Waals surface area contributed by atoms with Crippen molar-refractivity contribution in [2.45, 2.75) is 5.92 Å². The number of nitrogens with one attached hydrogen (secondary N) is 1. The molecule has 0 fully saturated rings. The summed E-state index contributed by atoms with van der Waals surface area (Å²) in [5.74, 6) is 0.0373. The Bertz CT molecular complexity index is 1150. The highest BCUT2D eigenvalue weighted by atomic mass is 127. The molecule has 2 aromatic carbocycles. The van der Waals surface area contributed by atoms with Crippen molar-refractivity contribution in [2.75, 3.05) is 163 Å². The summed E-state index contributed by atoms with van der Waals surface area (Å²) < 4.78 is 66.7. The number of alkyl carbamates (subject to hydrolysis) is 1. The molecule has 306 valence electrons. The molecule has 1 aliphatic rings. The zero-order valence-corrected chi connectivity index (χ0v) is 33.7. The summed E-state index contributed by atoms with van der Waals surface area (Å²) in [7, 11) is 0. The minimum Gasteiger partial charge on any atom is -0.449 e. The number of hydrogen-bond donors (Lipinski definition) is 1. The lowest BCUT2D eigenvalue weighted by Gasteiger charge is -2.14. The largest absolute Gasteiger partial charge is 0.449 e. The molecule has 1 amide bonds. The Morgan fingerprint density at radius 3 is 1.07 bits per heavy atom. The van der Waals surface area contributed by atoms with Crippen molar-refractivity contribution in [3.63, 3.8) is 0 Å². The fourth-order valence-electron chi connectivity index (χ4n) is 5.23. The molecule has 0 saturated carbocycles. The number of carbonyl (C=O) groups is 1. The van der Waals surface area contributed by atoms with Crippen LogP contribution in [0.2, 0.25) is 0 Å². The van der Waals surface area contributed by atoms with E-state index in [0.717, 1.165) is 11.0 Å². The molecule has 14 nitrogen and oxygen atoms in total. The average Bonchev–Trinajstić information content (AvgIpc) is 3.52. The third-order valence-electron chi connectivity index (χ3n) is 7.80. The first-order valence-electron chi connectivity index (χ1n) is 18.8. The van der Waals surface area contributed by atoms with Crippen LogP contribution in [0.4, 0.5) is 4.79 Å². The van der Waals surface area contributed by atoms with E-state index in [0.29, 0.717) is 145 Å². The molecule has 1 aliphatic carbocycles. The lowest BCUT2D eigenvalue weighted by Crippen LogP contribution is -2.29. The molecule has 54 heavy (non-hydrogen) atoms. The van der Waals surface area contributed by atoms with E-state index >= 15 is 0 Å². The third-order valence-corrected chi connectivity index (χ3v) is 8.24. The summed E-state index contributed by atoms with van der Waals surface area (Å²) in [6.45, 7) is 11.9. The van der Waals surface area contributed by atoms with Gasteiger partial charge in [0.2, 0.25) is 0 Å². The Balaban J connectivity index is 0.947. The standard InChI is InChI=1S/C39H60INO13/c40-9-11-43-13-15-45-17-19-47-21-23-49-25-27-51-29-31-53-32-30-52-28-26-50-24-22-48-20-18-46-16-14-44-12-10-41-39(42)54-33-38-36-7-3-1-5-34(36)35-6-2-4-8-37(35)38/h1-8,38H,9-33H2,(H,41,42). The highest BCUT2D eigenvalue weighted by Crippen LogP contribution is 2.44. The highest BCUT2D eigenvalue weighted by molar-refractivity contribution is 14.1. The maximum atomic E-state index is 12.2. The van der Waals surface area contributed by atoms with Gasteiger partial charge >= 0.3 is 6.09 Å². The van der Waals surface area contributed by atoms with Gasteiger partial charge in [0.25, 0.3) is 0 Å². The fraction of sp³-hybridized carbons (Fsp3) is 0.667. The zero-order chi connectivity index (χ0) is 38.0. The van der Waals surface area contributed by atoms with Crippen LogP contribution in [0.25, 0.3) is 11.1 Å². The molecule has 0 saturated heterocycles. The van der Waals surface area contributed by atoms with Crippen molar-refractivity contribution in [1.82, 2.24) is 5.32 Å². The Kier molecular flexibility index (Phi) is 28.5. The number of rotatable bonds is 37. The van der Waals surface area contributed by atoms with Gasteiger partial charge in [0.05, 0.1) is 145 Å². The normalized spacial score (nSPS) is 12.2. The van der Waals surface area contributed by atoms with E-state index in [1.54, 1.807) is 0 Å². The van der Waals surface area contributed by atoms with E-state index in [9.17, 15) is 4.79 Å². The van der Waals surface area contributed by atoms with Crippen LogP contribution < -0.4 is 5.32 Å². The van der Waals surface area contributed by atoms with E-state index in [4.69, 9.17) is 56.8 Å². The molecule has 0 unspecified atom stereocenters. The first-order chi connectivity index (χ1) is 26.8. The van der Waals surface area contributed by atoms with Crippen LogP contribution in [-0.4, -0.2) is 169 Å². The first-order valence-corrected chi connectivity index (χ1v) is 20.3. The van der Waals surface area contributed by atoms with E-state index < -0.39 is 6.09 Å². The number of alkyl halides is 1. The van der Waals surface area contributed by atoms with Gasteiger partial charge in [-0.3, -0.25) is 0 Å². The Morgan fingerprint density at radius 1 is 0.444 bits per heavy atom. The topological polar surface area (TPSA) is 140 Å². The minimum absolute atomic E-state index is 0.0373. The summed E-state index contributed by atoms with van der Waals surface area (Å²) in [5, 5.41) is 2.74. The van der Waals surface area contributed by atoms with Crippen LogP contribution in [-0.2, 0) is 56.8 Å². The second-order valence-electron chi connectivity index (χ2n) is 11.7. The molecule has 0 aromatic heterocycles. The van der Waals surface area contributed by atoms with Crippen molar-refractivity contribution < 1.29 is 61.6 Å². The van der Waals surface area contributed by atoms with Gasteiger partial charge in [-0.25, -0.2) is 4.79 Å². The lowest BCUT2D eigenvalue weighted by atomic mass is 9.98. The van der Waals surface area contributed by atoms with Gasteiger partial charge in [-0.05, 0) is 22.3 Å². The molecule has 15 heteroatoms. The van der Waals surface area contributed by atoms with Gasteiger partial charge in [-0.15, -0.1) is 0 Å². The van der Waals surface area contributed by atoms with Crippen molar-refractivity contribution in [2.24, 2.45) is 0 Å². The van der Waals surface area contributed by atoms with Gasteiger partial charge < -0.3 is 62.2 Å². The predicted molar refractivity (Wildman–Crippen MR) is 211 cm³/mol. The Labute approximate surface area is 334 Å². The number of carbonyl (C=O) groups excluding carboxylic acids is 1. The number of benzene rings is 2. The smallest absolute Gasteiger partial charge is 0.407 e. The minimum atomic E-state index is -0.452.